The molecule has 1 aromatic carbocycles. The van der Waals surface area contributed by atoms with Crippen molar-refractivity contribution in [1.82, 2.24) is 5.32 Å². The molecule has 1 rings (SSSR count). The number of alkyl halides is 3. The Hall–Kier alpha value is -1.08. The van der Waals surface area contributed by atoms with Crippen molar-refractivity contribution < 1.29 is 22.2 Å². The number of benzene rings is 1. The summed E-state index contributed by atoms with van der Waals surface area (Å²) in [5, 5.41) is 2.31. The topological polar surface area (TPSA) is 46.2 Å². The van der Waals surface area contributed by atoms with Crippen LogP contribution in [0.3, 0.4) is 0 Å². The largest absolute Gasteiger partial charge is 0.416 e. The Balaban J connectivity index is 2.93. The van der Waals surface area contributed by atoms with Gasteiger partial charge >= 0.3 is 6.18 Å². The van der Waals surface area contributed by atoms with E-state index in [9.17, 15) is 22.2 Å². The molecule has 0 fully saturated rings. The summed E-state index contributed by atoms with van der Waals surface area (Å²) in [6.07, 6.45) is -3.10. The molecule has 0 saturated carbocycles. The third kappa shape index (κ3) is 5.13. The van der Waals surface area contributed by atoms with E-state index in [-0.39, 0.29) is 16.3 Å². The fourth-order valence-electron chi connectivity index (χ4n) is 1.59. The van der Waals surface area contributed by atoms with Gasteiger partial charge < -0.3 is 5.32 Å². The third-order valence-electron chi connectivity index (χ3n) is 2.35. The van der Waals surface area contributed by atoms with Crippen LogP contribution in [0.4, 0.5) is 13.2 Å². The summed E-state index contributed by atoms with van der Waals surface area (Å²) in [6.45, 7) is 1.62. The zero-order chi connectivity index (χ0) is 15.5. The zero-order valence-electron chi connectivity index (χ0n) is 10.8. The molecule has 8 heteroatoms. The van der Waals surface area contributed by atoms with Gasteiger partial charge in [0.15, 0.2) is 0 Å². The molecule has 0 unspecified atom stereocenters. The van der Waals surface area contributed by atoms with Gasteiger partial charge in [-0.2, -0.15) is 13.2 Å². The Kier molecular flexibility index (Phi) is 5.59. The number of hydrogen-bond donors (Lipinski definition) is 1. The third-order valence-corrected chi connectivity index (χ3v) is 3.54. The molecule has 1 amide bonds. The van der Waals surface area contributed by atoms with Crippen LogP contribution in [0.15, 0.2) is 18.2 Å². The first-order valence-electron chi connectivity index (χ1n) is 5.58. The summed E-state index contributed by atoms with van der Waals surface area (Å²) in [5.74, 6) is -0.464. The minimum atomic E-state index is -4.57. The highest BCUT2D eigenvalue weighted by molar-refractivity contribution is 7.84. The highest BCUT2D eigenvalue weighted by Gasteiger charge is 2.31. The van der Waals surface area contributed by atoms with Crippen molar-refractivity contribution in [2.45, 2.75) is 19.1 Å². The van der Waals surface area contributed by atoms with E-state index in [0.717, 1.165) is 18.2 Å². The number of carbonyl (C=O) groups is 1. The molecule has 0 aromatic heterocycles. The fraction of sp³-hybridized carbons (Fsp3) is 0.417. The van der Waals surface area contributed by atoms with Crippen molar-refractivity contribution in [2.75, 3.05) is 12.0 Å². The van der Waals surface area contributed by atoms with Gasteiger partial charge in [-0.1, -0.05) is 11.6 Å². The minimum absolute atomic E-state index is 0.170. The van der Waals surface area contributed by atoms with E-state index in [2.05, 4.69) is 5.32 Å². The van der Waals surface area contributed by atoms with Crippen LogP contribution >= 0.6 is 11.6 Å². The number of rotatable bonds is 4. The lowest BCUT2D eigenvalue weighted by Crippen LogP contribution is -2.36. The van der Waals surface area contributed by atoms with Gasteiger partial charge in [-0.05, 0) is 25.1 Å². The molecule has 112 valence electrons. The SMILES string of the molecule is C[C@@H](C[S@](C)=O)NC(=O)c1cc(Cl)cc(C(F)(F)F)c1. The maximum Gasteiger partial charge on any atom is 0.416 e. The molecule has 0 aliphatic carbocycles. The number of halogens is 4. The lowest BCUT2D eigenvalue weighted by molar-refractivity contribution is -0.137. The van der Waals surface area contributed by atoms with E-state index in [1.54, 1.807) is 6.92 Å². The molecule has 1 aromatic rings. The Morgan fingerprint density at radius 3 is 2.50 bits per heavy atom. The van der Waals surface area contributed by atoms with Gasteiger partial charge in [0.25, 0.3) is 5.91 Å². The van der Waals surface area contributed by atoms with Crippen LogP contribution in [0.5, 0.6) is 0 Å². The van der Waals surface area contributed by atoms with Crippen LogP contribution in [-0.4, -0.2) is 28.2 Å². The van der Waals surface area contributed by atoms with Gasteiger partial charge in [-0.3, -0.25) is 9.00 Å². The van der Waals surface area contributed by atoms with Crippen LogP contribution in [0.1, 0.15) is 22.8 Å². The molecule has 3 nitrogen and oxygen atoms in total. The highest BCUT2D eigenvalue weighted by atomic mass is 35.5. The summed E-state index contributed by atoms with van der Waals surface area (Å²) >= 11 is 5.59. The average molecular weight is 328 g/mol. The summed E-state index contributed by atoms with van der Waals surface area (Å²) in [7, 11) is -1.11. The number of carbonyl (C=O) groups excluding carboxylic acids is 1. The van der Waals surface area contributed by atoms with Gasteiger partial charge in [0, 0.05) is 39.4 Å². The summed E-state index contributed by atoms with van der Waals surface area (Å²) < 4.78 is 48.8. The summed E-state index contributed by atoms with van der Waals surface area (Å²) in [4.78, 5) is 11.8. The fourth-order valence-corrected chi connectivity index (χ4v) is 2.61. The molecule has 2 atom stereocenters. The predicted octanol–water partition coefficient (Wildman–Crippen LogP) is 2.86. The smallest absolute Gasteiger partial charge is 0.349 e. The first kappa shape index (κ1) is 17.0. The summed E-state index contributed by atoms with van der Waals surface area (Å²) in [5.41, 5.74) is -1.17. The minimum Gasteiger partial charge on any atom is -0.349 e. The van der Waals surface area contributed by atoms with Gasteiger partial charge in [0.2, 0.25) is 0 Å². The van der Waals surface area contributed by atoms with Gasteiger partial charge in [0.05, 0.1) is 5.56 Å². The molecular weight excluding hydrogens is 315 g/mol. The normalized spacial score (nSPS) is 14.7. The van der Waals surface area contributed by atoms with E-state index < -0.39 is 34.5 Å². The molecule has 0 radical (unpaired) electrons. The van der Waals surface area contributed by atoms with E-state index in [1.165, 1.54) is 6.26 Å². The van der Waals surface area contributed by atoms with Gasteiger partial charge in [-0.25, -0.2) is 0 Å². The Labute approximate surface area is 122 Å². The van der Waals surface area contributed by atoms with Crippen LogP contribution in [0.2, 0.25) is 5.02 Å². The Morgan fingerprint density at radius 2 is 2.00 bits per heavy atom. The lowest BCUT2D eigenvalue weighted by atomic mass is 10.1. The Bertz CT molecular complexity index is 534. The first-order chi connectivity index (χ1) is 9.09. The maximum atomic E-state index is 12.6. The molecule has 0 aliphatic heterocycles. The van der Waals surface area contributed by atoms with Crippen molar-refractivity contribution in [3.63, 3.8) is 0 Å². The number of nitrogens with one attached hydrogen (secondary N) is 1. The molecule has 0 saturated heterocycles. The standard InChI is InChI=1S/C12H13ClF3NO2S/c1-7(6-20(2)19)17-11(18)8-3-9(12(14,15)16)5-10(13)4-8/h3-5,7H,6H2,1-2H3,(H,17,18)/t7-,20-/m0/s1. The maximum absolute atomic E-state index is 12.6. The van der Waals surface area contributed by atoms with Crippen LogP contribution in [-0.2, 0) is 17.0 Å². The second kappa shape index (κ2) is 6.58. The number of amides is 1. The molecule has 0 aliphatic rings. The van der Waals surface area contributed by atoms with E-state index in [0.29, 0.717) is 0 Å². The summed E-state index contributed by atoms with van der Waals surface area (Å²) in [6, 6.07) is 2.23. The van der Waals surface area contributed by atoms with Crippen molar-refractivity contribution in [3.05, 3.63) is 34.3 Å². The van der Waals surface area contributed by atoms with Crippen LogP contribution in [0, 0.1) is 0 Å². The van der Waals surface area contributed by atoms with Crippen molar-refractivity contribution in [3.8, 4) is 0 Å². The average Bonchev–Trinajstić information content (AvgIpc) is 2.25. The second-order valence-corrected chi connectivity index (χ2v) is 6.26. The van der Waals surface area contributed by atoms with Crippen LogP contribution in [0.25, 0.3) is 0 Å². The quantitative estimate of drug-likeness (QED) is 0.924. The monoisotopic (exact) mass is 327 g/mol. The van der Waals surface area contributed by atoms with Crippen molar-refractivity contribution in [1.29, 1.82) is 0 Å². The van der Waals surface area contributed by atoms with E-state index in [1.807, 2.05) is 0 Å². The van der Waals surface area contributed by atoms with Gasteiger partial charge in [0.1, 0.15) is 0 Å². The first-order valence-corrected chi connectivity index (χ1v) is 7.69. The molecule has 0 spiro atoms. The van der Waals surface area contributed by atoms with Crippen molar-refractivity contribution in [2.24, 2.45) is 0 Å². The number of hydrogen-bond acceptors (Lipinski definition) is 2. The molecule has 0 heterocycles. The van der Waals surface area contributed by atoms with Gasteiger partial charge in [-0.15, -0.1) is 0 Å². The molecular formula is C12H13ClF3NO2S. The lowest BCUT2D eigenvalue weighted by Gasteiger charge is -2.14. The molecule has 20 heavy (non-hydrogen) atoms. The van der Waals surface area contributed by atoms with E-state index in [4.69, 9.17) is 11.6 Å². The Morgan fingerprint density at radius 1 is 1.40 bits per heavy atom. The predicted molar refractivity (Wildman–Crippen MR) is 72.3 cm³/mol. The van der Waals surface area contributed by atoms with Crippen LogP contribution < -0.4 is 5.32 Å². The molecule has 0 bridgehead atoms. The van der Waals surface area contributed by atoms with Crippen molar-refractivity contribution >= 4 is 28.3 Å². The zero-order valence-corrected chi connectivity index (χ0v) is 12.3. The molecule has 1 N–H and O–H groups in total. The van der Waals surface area contributed by atoms with E-state index >= 15 is 0 Å². The highest BCUT2D eigenvalue weighted by Crippen LogP contribution is 2.31. The second-order valence-electron chi connectivity index (χ2n) is 4.34.